The van der Waals surface area contributed by atoms with E-state index in [1.807, 2.05) is 125 Å². The number of carbonyl (C=O) groups excluding carboxylic acids is 2. The lowest BCUT2D eigenvalue weighted by Gasteiger charge is -2.32. The summed E-state index contributed by atoms with van der Waals surface area (Å²) < 4.78 is 27.3. The summed E-state index contributed by atoms with van der Waals surface area (Å²) in [6.07, 6.45) is 0.751. The number of carbonyl (C=O) groups is 2. The highest BCUT2D eigenvalue weighted by Gasteiger charge is 2.37. The molecule has 0 spiro atoms. The number of pyridine rings is 1. The van der Waals surface area contributed by atoms with E-state index < -0.39 is 17.7 Å². The Morgan fingerprint density at radius 1 is 0.750 bits per heavy atom. The van der Waals surface area contributed by atoms with Crippen LogP contribution in [0.3, 0.4) is 0 Å². The second-order valence-corrected chi connectivity index (χ2v) is 17.4. The van der Waals surface area contributed by atoms with E-state index in [2.05, 4.69) is 70.4 Å². The average Bonchev–Trinajstić information content (AvgIpc) is 3.84. The Morgan fingerprint density at radius 3 is 1.92 bits per heavy atom. The number of aromatic nitrogens is 2. The second kappa shape index (κ2) is 19.6. The van der Waals surface area contributed by atoms with Crippen molar-refractivity contribution in [1.29, 1.82) is 0 Å². The van der Waals surface area contributed by atoms with Gasteiger partial charge in [-0.2, -0.15) is 0 Å². The minimum absolute atomic E-state index is 0.0609. The number of nitrogens with zero attached hydrogens (tertiary/aromatic N) is 3. The summed E-state index contributed by atoms with van der Waals surface area (Å²) in [6, 6.07) is 48.4. The van der Waals surface area contributed by atoms with Gasteiger partial charge >= 0.3 is 12.1 Å². The molecular formula is C54H56N4O6. The maximum atomic E-state index is 14.4. The number of rotatable bonds is 16. The van der Waals surface area contributed by atoms with Gasteiger partial charge in [-0.1, -0.05) is 140 Å². The monoisotopic (exact) mass is 856 g/mol. The molecule has 64 heavy (non-hydrogen) atoms. The number of amides is 1. The van der Waals surface area contributed by atoms with Gasteiger partial charge in [-0.3, -0.25) is 4.90 Å². The fraction of sp³-hybridized carbons (Fsp3) is 0.278. The Labute approximate surface area is 375 Å². The van der Waals surface area contributed by atoms with Crippen LogP contribution in [0.15, 0.2) is 146 Å². The standard InChI is InChI=1S/C54H56N4O6/c1-6-45-48(42-28-27-41-29-44-30-43(32-55-53(60)64-54(2,3)4)51(58(44)46(41)31-42)57(5)33-37-19-11-7-12-20-37)56-50(62-35-39-23-15-9-16-24-39)47(49(45)61-34-38-21-13-8-14-22-38)52(59)63-36-40-25-17-10-18-26-40/h7-29,31,43,51H,6,30,32-36H2,1-5H3,(H,55,60). The Kier molecular flexibility index (Phi) is 13.4. The molecule has 3 heterocycles. The van der Waals surface area contributed by atoms with Crippen LogP contribution in [0.5, 0.6) is 11.6 Å². The van der Waals surface area contributed by atoms with Crippen LogP contribution in [-0.4, -0.2) is 45.7 Å². The van der Waals surface area contributed by atoms with E-state index in [1.54, 1.807) is 0 Å². The van der Waals surface area contributed by atoms with Gasteiger partial charge in [0, 0.05) is 35.8 Å². The summed E-state index contributed by atoms with van der Waals surface area (Å²) >= 11 is 0. The van der Waals surface area contributed by atoms with Crippen LogP contribution in [-0.2, 0) is 48.7 Å². The molecular weight excluding hydrogens is 801 g/mol. The smallest absolute Gasteiger partial charge is 0.407 e. The lowest BCUT2D eigenvalue weighted by atomic mass is 9.98. The van der Waals surface area contributed by atoms with E-state index in [4.69, 9.17) is 23.9 Å². The van der Waals surface area contributed by atoms with Gasteiger partial charge in [0.25, 0.3) is 0 Å². The summed E-state index contributed by atoms with van der Waals surface area (Å²) in [7, 11) is 2.14. The van der Waals surface area contributed by atoms with Gasteiger partial charge in [0.2, 0.25) is 5.88 Å². The van der Waals surface area contributed by atoms with Gasteiger partial charge in [-0.05, 0) is 80.4 Å². The van der Waals surface area contributed by atoms with Crippen molar-refractivity contribution in [2.75, 3.05) is 13.6 Å². The average molecular weight is 857 g/mol. The number of nitrogens with one attached hydrogen (secondary N) is 1. The highest BCUT2D eigenvalue weighted by atomic mass is 16.6. The summed E-state index contributed by atoms with van der Waals surface area (Å²) in [5.74, 6) is -0.0113. The van der Waals surface area contributed by atoms with E-state index >= 15 is 0 Å². The van der Waals surface area contributed by atoms with E-state index in [0.29, 0.717) is 31.0 Å². The topological polar surface area (TPSA) is 104 Å². The number of esters is 1. The third-order valence-electron chi connectivity index (χ3n) is 11.4. The Hall–Kier alpha value is -6.91. The molecule has 1 N–H and O–H groups in total. The molecule has 2 aromatic heterocycles. The fourth-order valence-electron chi connectivity index (χ4n) is 8.55. The molecule has 1 amide bonds. The fourth-order valence-corrected chi connectivity index (χ4v) is 8.55. The molecule has 0 saturated heterocycles. The third-order valence-corrected chi connectivity index (χ3v) is 11.4. The molecule has 10 heteroatoms. The minimum atomic E-state index is -0.605. The predicted octanol–water partition coefficient (Wildman–Crippen LogP) is 11.1. The first-order valence-corrected chi connectivity index (χ1v) is 22.0. The zero-order valence-electron chi connectivity index (χ0n) is 37.3. The predicted molar refractivity (Wildman–Crippen MR) is 250 cm³/mol. The van der Waals surface area contributed by atoms with Gasteiger partial charge in [-0.25, -0.2) is 14.6 Å². The molecule has 1 aliphatic heterocycles. The first-order valence-electron chi connectivity index (χ1n) is 22.0. The van der Waals surface area contributed by atoms with E-state index in [-0.39, 0.29) is 43.3 Å². The highest BCUT2D eigenvalue weighted by molar-refractivity contribution is 5.97. The Balaban J connectivity index is 1.23. The molecule has 1 aliphatic rings. The van der Waals surface area contributed by atoms with Crippen LogP contribution in [0, 0.1) is 5.92 Å². The molecule has 0 radical (unpaired) electrons. The number of hydrogen-bond acceptors (Lipinski definition) is 8. The van der Waals surface area contributed by atoms with Crippen LogP contribution >= 0.6 is 0 Å². The second-order valence-electron chi connectivity index (χ2n) is 17.4. The van der Waals surface area contributed by atoms with Crippen molar-refractivity contribution in [3.63, 3.8) is 0 Å². The molecule has 8 rings (SSSR count). The highest BCUT2D eigenvalue weighted by Crippen LogP contribution is 2.43. The van der Waals surface area contributed by atoms with Crippen molar-refractivity contribution in [2.45, 2.75) is 78.7 Å². The van der Waals surface area contributed by atoms with Crippen molar-refractivity contribution >= 4 is 23.0 Å². The summed E-state index contributed by atoms with van der Waals surface area (Å²) in [4.78, 5) is 34.9. The minimum Gasteiger partial charge on any atom is -0.487 e. The number of fused-ring (bicyclic) bond motifs is 3. The first kappa shape index (κ1) is 43.7. The van der Waals surface area contributed by atoms with Gasteiger partial charge in [0.1, 0.15) is 31.2 Å². The normalized spacial score (nSPS) is 14.6. The van der Waals surface area contributed by atoms with Gasteiger partial charge < -0.3 is 28.8 Å². The molecule has 5 aromatic carbocycles. The van der Waals surface area contributed by atoms with Crippen molar-refractivity contribution in [2.24, 2.45) is 5.92 Å². The number of hydrogen-bond donors (Lipinski definition) is 1. The SMILES string of the molecule is CCc1c(-c2ccc3cc4n(c3c2)C(N(C)Cc2ccccc2)C(CNC(=O)OC(C)(C)C)C4)nc(OCc2ccccc2)c(C(=O)OCc2ccccc2)c1OCc1ccccc1. The van der Waals surface area contributed by atoms with E-state index in [1.165, 1.54) is 11.3 Å². The molecule has 7 aromatic rings. The van der Waals surface area contributed by atoms with Crippen molar-refractivity contribution in [3.8, 4) is 22.9 Å². The largest absolute Gasteiger partial charge is 0.487 e. The first-order chi connectivity index (χ1) is 31.0. The molecule has 0 fully saturated rings. The summed E-state index contributed by atoms with van der Waals surface area (Å²) in [6.45, 7) is 9.27. The molecule has 2 unspecified atom stereocenters. The van der Waals surface area contributed by atoms with Crippen molar-refractivity contribution < 1.29 is 28.5 Å². The lowest BCUT2D eigenvalue weighted by molar-refractivity contribution is 0.0458. The van der Waals surface area contributed by atoms with Crippen molar-refractivity contribution in [1.82, 2.24) is 19.8 Å². The molecule has 0 bridgehead atoms. The van der Waals surface area contributed by atoms with Gasteiger partial charge in [0.05, 0.1) is 17.4 Å². The molecule has 2 atom stereocenters. The van der Waals surface area contributed by atoms with E-state index in [0.717, 1.165) is 45.1 Å². The molecule has 0 saturated carbocycles. The van der Waals surface area contributed by atoms with Crippen LogP contribution in [0.1, 0.15) is 77.7 Å². The number of benzene rings is 5. The van der Waals surface area contributed by atoms with Crippen molar-refractivity contribution in [3.05, 3.63) is 185 Å². The van der Waals surface area contributed by atoms with Crippen LogP contribution in [0.2, 0.25) is 0 Å². The van der Waals surface area contributed by atoms with Gasteiger partial charge in [-0.15, -0.1) is 0 Å². The quantitative estimate of drug-likeness (QED) is 0.0959. The number of alkyl carbamates (subject to hydrolysis) is 1. The Bertz CT molecular complexity index is 2680. The molecule has 328 valence electrons. The maximum absolute atomic E-state index is 14.4. The van der Waals surface area contributed by atoms with E-state index in [9.17, 15) is 9.59 Å². The third kappa shape index (κ3) is 10.3. The summed E-state index contributed by atoms with van der Waals surface area (Å²) in [5, 5.41) is 4.16. The van der Waals surface area contributed by atoms with Crippen LogP contribution < -0.4 is 14.8 Å². The maximum Gasteiger partial charge on any atom is 0.407 e. The zero-order chi connectivity index (χ0) is 44.6. The van der Waals surface area contributed by atoms with Crippen LogP contribution in [0.25, 0.3) is 22.2 Å². The Morgan fingerprint density at radius 2 is 1.33 bits per heavy atom. The lowest BCUT2D eigenvalue weighted by Crippen LogP contribution is -2.40. The summed E-state index contributed by atoms with van der Waals surface area (Å²) in [5.41, 5.74) is 7.94. The zero-order valence-corrected chi connectivity index (χ0v) is 37.3. The van der Waals surface area contributed by atoms with Gasteiger partial charge in [0.15, 0.2) is 5.56 Å². The number of ether oxygens (including phenoxy) is 4. The molecule has 0 aliphatic carbocycles. The van der Waals surface area contributed by atoms with Crippen LogP contribution in [0.4, 0.5) is 4.79 Å². The molecule has 10 nitrogen and oxygen atoms in total.